The normalized spacial score (nSPS) is 10.9. The SMILES string of the molecule is Cc1ccc(-c2nc(N(C(N)=O)c3c(F)cccc3F)ccc2COC(=O)N=CN(C)C)cc1. The van der Waals surface area contributed by atoms with E-state index in [0.29, 0.717) is 21.7 Å². The molecule has 0 saturated carbocycles. The second-order valence-corrected chi connectivity index (χ2v) is 7.55. The summed E-state index contributed by atoms with van der Waals surface area (Å²) in [5.74, 6) is -2.06. The van der Waals surface area contributed by atoms with Crippen molar-refractivity contribution in [2.75, 3.05) is 19.0 Å². The number of hydrogen-bond acceptors (Lipinski definition) is 4. The lowest BCUT2D eigenvalue weighted by Gasteiger charge is -2.22. The first-order valence-electron chi connectivity index (χ1n) is 10.1. The van der Waals surface area contributed by atoms with Crippen molar-refractivity contribution in [2.24, 2.45) is 10.7 Å². The van der Waals surface area contributed by atoms with Gasteiger partial charge in [0, 0.05) is 25.2 Å². The third-order valence-corrected chi connectivity index (χ3v) is 4.64. The number of anilines is 2. The topological polar surface area (TPSA) is 101 Å². The number of benzene rings is 2. The van der Waals surface area contributed by atoms with E-state index in [1.165, 1.54) is 24.5 Å². The first kappa shape index (κ1) is 24.3. The number of para-hydroxylation sites is 1. The van der Waals surface area contributed by atoms with Gasteiger partial charge >= 0.3 is 12.1 Å². The van der Waals surface area contributed by atoms with E-state index in [9.17, 15) is 18.4 Å². The lowest BCUT2D eigenvalue weighted by atomic mass is 10.0. The Morgan fingerprint density at radius 2 is 1.71 bits per heavy atom. The van der Waals surface area contributed by atoms with Gasteiger partial charge in [0.15, 0.2) is 0 Å². The number of aryl methyl sites for hydroxylation is 1. The van der Waals surface area contributed by atoms with E-state index in [0.717, 1.165) is 17.7 Å². The number of rotatable bonds is 6. The molecule has 0 unspecified atom stereocenters. The molecule has 3 rings (SSSR count). The average Bonchev–Trinajstić information content (AvgIpc) is 2.79. The standard InChI is InChI=1S/C24H23F2N5O3/c1-15-7-9-16(10-8-15)21-17(13-34-24(33)28-14-30(2)3)11-12-20(29-21)31(23(27)32)22-18(25)5-4-6-19(22)26/h4-12,14H,13H2,1-3H3,(H2,27,32). The summed E-state index contributed by atoms with van der Waals surface area (Å²) in [6.07, 6.45) is 0.498. The first-order valence-corrected chi connectivity index (χ1v) is 10.1. The number of halogens is 2. The molecule has 0 fully saturated rings. The van der Waals surface area contributed by atoms with Crippen LogP contribution in [0.3, 0.4) is 0 Å². The molecule has 0 spiro atoms. The van der Waals surface area contributed by atoms with Crippen LogP contribution in [-0.2, 0) is 11.3 Å². The van der Waals surface area contributed by atoms with Crippen LogP contribution in [0.5, 0.6) is 0 Å². The van der Waals surface area contributed by atoms with Crippen molar-refractivity contribution in [1.29, 1.82) is 0 Å². The molecule has 1 heterocycles. The molecule has 0 saturated heterocycles. The molecule has 2 aromatic carbocycles. The maximum atomic E-state index is 14.4. The predicted molar refractivity (Wildman–Crippen MR) is 125 cm³/mol. The Morgan fingerprint density at radius 1 is 1.06 bits per heavy atom. The van der Waals surface area contributed by atoms with E-state index in [2.05, 4.69) is 9.98 Å². The number of carbonyl (C=O) groups excluding carboxylic acids is 2. The summed E-state index contributed by atoms with van der Waals surface area (Å²) in [5, 5.41) is 0. The molecule has 176 valence electrons. The van der Waals surface area contributed by atoms with Crippen LogP contribution in [-0.4, -0.2) is 42.4 Å². The highest BCUT2D eigenvalue weighted by Crippen LogP contribution is 2.32. The van der Waals surface area contributed by atoms with Crippen molar-refractivity contribution in [3.05, 3.63) is 77.4 Å². The minimum atomic E-state index is -1.12. The zero-order chi connectivity index (χ0) is 24.8. The van der Waals surface area contributed by atoms with E-state index in [-0.39, 0.29) is 12.4 Å². The number of carbonyl (C=O) groups is 2. The van der Waals surface area contributed by atoms with Gasteiger partial charge in [0.05, 0.1) is 12.0 Å². The van der Waals surface area contributed by atoms with Crippen LogP contribution in [0.4, 0.5) is 29.9 Å². The van der Waals surface area contributed by atoms with Gasteiger partial charge in [-0.05, 0) is 31.2 Å². The van der Waals surface area contributed by atoms with Crippen LogP contribution in [0, 0.1) is 18.6 Å². The first-order chi connectivity index (χ1) is 16.2. The molecule has 0 aliphatic carbocycles. The Balaban J connectivity index is 2.06. The summed E-state index contributed by atoms with van der Waals surface area (Å²) < 4.78 is 34.1. The van der Waals surface area contributed by atoms with E-state index >= 15 is 0 Å². The molecule has 0 atom stereocenters. The number of aromatic nitrogens is 1. The van der Waals surface area contributed by atoms with Crippen LogP contribution in [0.2, 0.25) is 0 Å². The highest BCUT2D eigenvalue weighted by Gasteiger charge is 2.25. The van der Waals surface area contributed by atoms with Crippen molar-refractivity contribution in [3.8, 4) is 11.3 Å². The summed E-state index contributed by atoms with van der Waals surface area (Å²) in [7, 11) is 3.41. The van der Waals surface area contributed by atoms with Gasteiger partial charge in [-0.3, -0.25) is 0 Å². The number of amides is 3. The number of ether oxygens (including phenoxy) is 1. The molecule has 3 aromatic rings. The highest BCUT2D eigenvalue weighted by molar-refractivity contribution is 5.98. The summed E-state index contributed by atoms with van der Waals surface area (Å²) in [4.78, 5) is 34.5. The fourth-order valence-electron chi connectivity index (χ4n) is 3.06. The molecule has 1 aromatic heterocycles. The van der Waals surface area contributed by atoms with Crippen LogP contribution < -0.4 is 10.6 Å². The molecule has 34 heavy (non-hydrogen) atoms. The largest absolute Gasteiger partial charge is 0.443 e. The van der Waals surface area contributed by atoms with Crippen molar-refractivity contribution in [3.63, 3.8) is 0 Å². The molecule has 3 amide bonds. The molecule has 0 aliphatic rings. The Hall–Kier alpha value is -4.34. The van der Waals surface area contributed by atoms with Gasteiger partial charge in [0.1, 0.15) is 29.7 Å². The monoisotopic (exact) mass is 467 g/mol. The molecule has 0 bridgehead atoms. The highest BCUT2D eigenvalue weighted by atomic mass is 19.1. The summed E-state index contributed by atoms with van der Waals surface area (Å²) in [6, 6.07) is 12.2. The number of hydrogen-bond donors (Lipinski definition) is 1. The predicted octanol–water partition coefficient (Wildman–Crippen LogP) is 4.78. The van der Waals surface area contributed by atoms with Gasteiger partial charge in [0.25, 0.3) is 0 Å². The van der Waals surface area contributed by atoms with Gasteiger partial charge < -0.3 is 15.4 Å². The molecule has 2 N–H and O–H groups in total. The number of primary amides is 1. The van der Waals surface area contributed by atoms with E-state index in [1.54, 1.807) is 31.1 Å². The van der Waals surface area contributed by atoms with Crippen LogP contribution in [0.1, 0.15) is 11.1 Å². The van der Waals surface area contributed by atoms with Crippen molar-refractivity contribution < 1.29 is 23.1 Å². The number of pyridine rings is 1. The molecule has 0 aliphatic heterocycles. The minimum Gasteiger partial charge on any atom is -0.443 e. The van der Waals surface area contributed by atoms with E-state index < -0.39 is 29.4 Å². The molecule has 8 nitrogen and oxygen atoms in total. The smallest absolute Gasteiger partial charge is 0.435 e. The van der Waals surface area contributed by atoms with Gasteiger partial charge in [-0.2, -0.15) is 4.99 Å². The fourth-order valence-corrected chi connectivity index (χ4v) is 3.06. The Kier molecular flexibility index (Phi) is 7.52. The van der Waals surface area contributed by atoms with Crippen molar-refractivity contribution >= 4 is 30.0 Å². The maximum Gasteiger partial charge on any atom is 0.435 e. The quantitative estimate of drug-likeness (QED) is 0.415. The second kappa shape index (κ2) is 10.5. The average molecular weight is 467 g/mol. The van der Waals surface area contributed by atoms with Crippen LogP contribution in [0.15, 0.2) is 59.6 Å². The summed E-state index contributed by atoms with van der Waals surface area (Å²) in [6.45, 7) is 1.74. The third kappa shape index (κ3) is 5.71. The van der Waals surface area contributed by atoms with Crippen LogP contribution >= 0.6 is 0 Å². The summed E-state index contributed by atoms with van der Waals surface area (Å²) >= 11 is 0. The lowest BCUT2D eigenvalue weighted by molar-refractivity contribution is 0.151. The Bertz CT molecular complexity index is 1210. The molecular formula is C24H23F2N5O3. The molecule has 10 heteroatoms. The number of aliphatic imine (C=N–C) groups is 1. The van der Waals surface area contributed by atoms with Gasteiger partial charge in [-0.25, -0.2) is 28.3 Å². The number of nitrogens with zero attached hydrogens (tertiary/aromatic N) is 4. The van der Waals surface area contributed by atoms with Crippen LogP contribution in [0.25, 0.3) is 11.3 Å². The Morgan fingerprint density at radius 3 is 2.29 bits per heavy atom. The van der Waals surface area contributed by atoms with E-state index in [4.69, 9.17) is 10.5 Å². The number of nitrogens with two attached hydrogens (primary N) is 1. The number of urea groups is 1. The zero-order valence-corrected chi connectivity index (χ0v) is 18.8. The van der Waals surface area contributed by atoms with Crippen molar-refractivity contribution in [2.45, 2.75) is 13.5 Å². The maximum absolute atomic E-state index is 14.4. The second-order valence-electron chi connectivity index (χ2n) is 7.55. The van der Waals surface area contributed by atoms with Gasteiger partial charge in [-0.15, -0.1) is 0 Å². The zero-order valence-electron chi connectivity index (χ0n) is 18.8. The minimum absolute atomic E-state index is 0.104. The van der Waals surface area contributed by atoms with E-state index in [1.807, 2.05) is 19.1 Å². The van der Waals surface area contributed by atoms with Crippen molar-refractivity contribution in [1.82, 2.24) is 9.88 Å². The van der Waals surface area contributed by atoms with Gasteiger partial charge in [-0.1, -0.05) is 35.9 Å². The third-order valence-electron chi connectivity index (χ3n) is 4.64. The Labute approximate surface area is 195 Å². The summed E-state index contributed by atoms with van der Waals surface area (Å²) in [5.41, 5.74) is 7.28. The lowest BCUT2D eigenvalue weighted by Crippen LogP contribution is -2.33. The fraction of sp³-hybridized carbons (Fsp3) is 0.167. The molecule has 0 radical (unpaired) electrons. The molecular weight excluding hydrogens is 444 g/mol. The van der Waals surface area contributed by atoms with Gasteiger partial charge in [0.2, 0.25) is 0 Å².